The van der Waals surface area contributed by atoms with Gasteiger partial charge in [-0.15, -0.1) is 0 Å². The molecule has 1 aromatic carbocycles. The molecule has 1 aromatic heterocycles. The number of anilines is 1. The number of aryl methyl sites for hydroxylation is 2. The maximum atomic E-state index is 13.0. The second kappa shape index (κ2) is 8.37. The number of carbonyl (C=O) groups is 2. The lowest BCUT2D eigenvalue weighted by Crippen LogP contribution is -2.54. The summed E-state index contributed by atoms with van der Waals surface area (Å²) in [5, 5.41) is 0. The summed E-state index contributed by atoms with van der Waals surface area (Å²) in [5.74, 6) is 1.21. The van der Waals surface area contributed by atoms with Gasteiger partial charge < -0.3 is 14.4 Å². The van der Waals surface area contributed by atoms with Gasteiger partial charge in [-0.25, -0.2) is 4.98 Å². The van der Waals surface area contributed by atoms with Crippen molar-refractivity contribution in [3.05, 3.63) is 48.0 Å². The van der Waals surface area contributed by atoms with E-state index in [2.05, 4.69) is 9.88 Å². The Labute approximate surface area is 171 Å². The van der Waals surface area contributed by atoms with E-state index in [-0.39, 0.29) is 24.3 Å². The molecule has 0 unspecified atom stereocenters. The van der Waals surface area contributed by atoms with Gasteiger partial charge in [0.2, 0.25) is 11.8 Å². The van der Waals surface area contributed by atoms with Crippen LogP contribution in [0.25, 0.3) is 0 Å². The second-order valence-corrected chi connectivity index (χ2v) is 8.15. The first-order valence-corrected chi connectivity index (χ1v) is 10.4. The molecule has 0 saturated carbocycles. The van der Waals surface area contributed by atoms with Crippen molar-refractivity contribution in [1.29, 1.82) is 0 Å². The van der Waals surface area contributed by atoms with E-state index in [0.29, 0.717) is 13.1 Å². The van der Waals surface area contributed by atoms with E-state index in [1.807, 2.05) is 55.2 Å². The van der Waals surface area contributed by atoms with Gasteiger partial charge in [-0.2, -0.15) is 0 Å². The van der Waals surface area contributed by atoms with Crippen LogP contribution >= 0.6 is 0 Å². The van der Waals surface area contributed by atoms with Crippen molar-refractivity contribution >= 4 is 17.5 Å². The molecule has 2 aromatic rings. The van der Waals surface area contributed by atoms with Crippen LogP contribution in [0.3, 0.4) is 0 Å². The zero-order valence-corrected chi connectivity index (χ0v) is 17.3. The summed E-state index contributed by atoms with van der Waals surface area (Å²) in [6.45, 7) is 5.97. The number of imidazole rings is 1. The van der Waals surface area contributed by atoms with Crippen molar-refractivity contribution in [3.63, 3.8) is 0 Å². The lowest BCUT2D eigenvalue weighted by atomic mass is 9.95. The van der Waals surface area contributed by atoms with Crippen LogP contribution in [0.15, 0.2) is 36.7 Å². The van der Waals surface area contributed by atoms with E-state index in [1.54, 1.807) is 9.80 Å². The summed E-state index contributed by atoms with van der Waals surface area (Å²) in [6.07, 6.45) is 5.46. The lowest BCUT2D eigenvalue weighted by Gasteiger charge is -2.38. The quantitative estimate of drug-likeness (QED) is 0.792. The van der Waals surface area contributed by atoms with Gasteiger partial charge in [0.05, 0.1) is 6.54 Å². The van der Waals surface area contributed by atoms with Crippen LogP contribution in [0.4, 0.5) is 5.69 Å². The highest BCUT2D eigenvalue weighted by Gasteiger charge is 2.33. The van der Waals surface area contributed by atoms with Crippen molar-refractivity contribution in [2.24, 2.45) is 13.0 Å². The molecule has 2 fully saturated rings. The summed E-state index contributed by atoms with van der Waals surface area (Å²) >= 11 is 0. The molecule has 0 spiro atoms. The maximum Gasteiger partial charge on any atom is 0.246 e. The number of hydrogen-bond donors (Lipinski definition) is 0. The molecule has 3 heterocycles. The third-order valence-corrected chi connectivity index (χ3v) is 6.10. The number of rotatable bonds is 4. The van der Waals surface area contributed by atoms with Gasteiger partial charge in [-0.1, -0.05) is 17.7 Å². The van der Waals surface area contributed by atoms with Crippen molar-refractivity contribution in [2.75, 3.05) is 37.6 Å². The topological polar surface area (TPSA) is 61.7 Å². The van der Waals surface area contributed by atoms with Crippen molar-refractivity contribution < 1.29 is 9.59 Å². The first-order valence-electron chi connectivity index (χ1n) is 10.4. The Bertz CT molecular complexity index is 868. The van der Waals surface area contributed by atoms with E-state index < -0.39 is 0 Å². The van der Waals surface area contributed by atoms with Crippen molar-refractivity contribution in [3.8, 4) is 0 Å². The van der Waals surface area contributed by atoms with Crippen LogP contribution in [0.1, 0.15) is 24.2 Å². The maximum absolute atomic E-state index is 13.0. The molecule has 0 bridgehead atoms. The van der Waals surface area contributed by atoms with Gasteiger partial charge in [-0.05, 0) is 45.0 Å². The van der Waals surface area contributed by atoms with E-state index in [9.17, 15) is 9.59 Å². The van der Waals surface area contributed by atoms with Gasteiger partial charge in [0, 0.05) is 44.1 Å². The smallest absolute Gasteiger partial charge is 0.246 e. The molecule has 154 valence electrons. The summed E-state index contributed by atoms with van der Waals surface area (Å²) < 4.78 is 2.04. The SMILES string of the molecule is Cc1ccc(N2CCN(C(=O)C3CCN(Cc4nccn4C)CC3)CC2=O)cc1. The molecule has 2 saturated heterocycles. The molecule has 7 nitrogen and oxygen atoms in total. The Morgan fingerprint density at radius 1 is 1.10 bits per heavy atom. The molecule has 7 heteroatoms. The predicted octanol–water partition coefficient (Wildman–Crippen LogP) is 1.82. The third kappa shape index (κ3) is 4.34. The molecule has 2 aliphatic heterocycles. The number of amides is 2. The molecule has 2 amide bonds. The van der Waals surface area contributed by atoms with Gasteiger partial charge in [0.1, 0.15) is 12.4 Å². The minimum absolute atomic E-state index is 0.000621. The highest BCUT2D eigenvalue weighted by atomic mass is 16.2. The number of benzene rings is 1. The lowest BCUT2D eigenvalue weighted by molar-refractivity contribution is -0.141. The molecular weight excluding hydrogens is 366 g/mol. The highest BCUT2D eigenvalue weighted by Crippen LogP contribution is 2.23. The second-order valence-electron chi connectivity index (χ2n) is 8.15. The predicted molar refractivity (Wildman–Crippen MR) is 111 cm³/mol. The van der Waals surface area contributed by atoms with Crippen LogP contribution < -0.4 is 4.90 Å². The minimum atomic E-state index is 0.000621. The highest BCUT2D eigenvalue weighted by molar-refractivity contribution is 5.98. The normalized spacial score (nSPS) is 19.0. The van der Waals surface area contributed by atoms with Crippen LogP contribution in [0, 0.1) is 12.8 Å². The van der Waals surface area contributed by atoms with E-state index in [1.165, 1.54) is 5.56 Å². The summed E-state index contributed by atoms with van der Waals surface area (Å²) in [6, 6.07) is 7.97. The van der Waals surface area contributed by atoms with E-state index in [0.717, 1.165) is 44.0 Å². The largest absolute Gasteiger partial charge is 0.337 e. The Hall–Kier alpha value is -2.67. The average molecular weight is 396 g/mol. The van der Waals surface area contributed by atoms with Crippen molar-refractivity contribution in [2.45, 2.75) is 26.3 Å². The van der Waals surface area contributed by atoms with Gasteiger partial charge in [0.15, 0.2) is 0 Å². The third-order valence-electron chi connectivity index (χ3n) is 6.10. The number of carbonyl (C=O) groups excluding carboxylic acids is 2. The first kappa shape index (κ1) is 19.6. The van der Waals surface area contributed by atoms with E-state index in [4.69, 9.17) is 0 Å². The number of piperazine rings is 1. The zero-order valence-electron chi connectivity index (χ0n) is 17.3. The Kier molecular flexibility index (Phi) is 5.67. The Balaban J connectivity index is 1.29. The Morgan fingerprint density at radius 2 is 1.83 bits per heavy atom. The first-order chi connectivity index (χ1) is 14.0. The average Bonchev–Trinajstić information content (AvgIpc) is 3.13. The number of hydrogen-bond acceptors (Lipinski definition) is 4. The molecule has 4 rings (SSSR count). The monoisotopic (exact) mass is 395 g/mol. The van der Waals surface area contributed by atoms with Crippen LogP contribution in [-0.4, -0.2) is 63.9 Å². The summed E-state index contributed by atoms with van der Waals surface area (Å²) in [7, 11) is 2.01. The van der Waals surface area contributed by atoms with E-state index >= 15 is 0 Å². The minimum Gasteiger partial charge on any atom is -0.337 e. The van der Waals surface area contributed by atoms with Gasteiger partial charge in [0.25, 0.3) is 0 Å². The summed E-state index contributed by atoms with van der Waals surface area (Å²) in [5.41, 5.74) is 2.08. The molecule has 0 atom stereocenters. The summed E-state index contributed by atoms with van der Waals surface area (Å²) in [4.78, 5) is 35.9. The van der Waals surface area contributed by atoms with Crippen LogP contribution in [-0.2, 0) is 23.2 Å². The number of nitrogens with zero attached hydrogens (tertiary/aromatic N) is 5. The molecule has 2 aliphatic rings. The molecule has 0 N–H and O–H groups in total. The van der Waals surface area contributed by atoms with Crippen molar-refractivity contribution in [1.82, 2.24) is 19.4 Å². The van der Waals surface area contributed by atoms with Crippen LogP contribution in [0.2, 0.25) is 0 Å². The standard InChI is InChI=1S/C22H29N5O2/c1-17-3-5-19(6-4-17)27-14-13-26(16-21(27)28)22(29)18-7-10-25(11-8-18)15-20-23-9-12-24(20)2/h3-6,9,12,18H,7-8,10-11,13-16H2,1-2H3. The fourth-order valence-electron chi connectivity index (χ4n) is 4.20. The number of aromatic nitrogens is 2. The van der Waals surface area contributed by atoms with Crippen LogP contribution in [0.5, 0.6) is 0 Å². The fraction of sp³-hybridized carbons (Fsp3) is 0.500. The molecule has 29 heavy (non-hydrogen) atoms. The number of likely N-dealkylation sites (tertiary alicyclic amines) is 1. The fourth-order valence-corrected chi connectivity index (χ4v) is 4.20. The van der Waals surface area contributed by atoms with Gasteiger partial charge >= 0.3 is 0 Å². The van der Waals surface area contributed by atoms with Gasteiger partial charge in [-0.3, -0.25) is 14.5 Å². The molecule has 0 radical (unpaired) electrons. The number of piperidine rings is 1. The molecular formula is C22H29N5O2. The zero-order chi connectivity index (χ0) is 20.4. The Morgan fingerprint density at radius 3 is 2.45 bits per heavy atom. The molecule has 0 aliphatic carbocycles.